The Hall–Kier alpha value is -1.88. The van der Waals surface area contributed by atoms with Crippen molar-refractivity contribution in [2.75, 3.05) is 7.11 Å². The van der Waals surface area contributed by atoms with Gasteiger partial charge in [-0.25, -0.2) is 0 Å². The molecule has 0 aromatic heterocycles. The first-order valence-corrected chi connectivity index (χ1v) is 6.07. The quantitative estimate of drug-likeness (QED) is 0.820. The highest BCUT2D eigenvalue weighted by Crippen LogP contribution is 2.08. The van der Waals surface area contributed by atoms with E-state index in [1.807, 2.05) is 6.07 Å². The molecule has 0 radical (unpaired) electrons. The summed E-state index contributed by atoms with van der Waals surface area (Å²) in [7, 11) is 1.59. The number of carboxylic acids is 1. The first-order chi connectivity index (χ1) is 8.95. The summed E-state index contributed by atoms with van der Waals surface area (Å²) in [6, 6.07) is 6.62. The molecule has 1 amide bonds. The summed E-state index contributed by atoms with van der Waals surface area (Å²) in [5.41, 5.74) is 1.40. The molecular formula is C14H19NO4. The van der Waals surface area contributed by atoms with Gasteiger partial charge < -0.3 is 15.2 Å². The van der Waals surface area contributed by atoms with Gasteiger partial charge in [-0.3, -0.25) is 9.59 Å². The van der Waals surface area contributed by atoms with Gasteiger partial charge in [0.05, 0.1) is 12.5 Å². The Labute approximate surface area is 112 Å². The van der Waals surface area contributed by atoms with Gasteiger partial charge in [0.1, 0.15) is 0 Å². The molecular weight excluding hydrogens is 246 g/mol. The number of carbonyl (C=O) groups is 2. The van der Waals surface area contributed by atoms with E-state index in [0.29, 0.717) is 12.2 Å². The molecule has 0 saturated heterocycles. The second kappa shape index (κ2) is 6.89. The number of nitrogens with one attached hydrogen (secondary N) is 1. The van der Waals surface area contributed by atoms with Crippen LogP contribution in [0.2, 0.25) is 0 Å². The third kappa shape index (κ3) is 4.37. The van der Waals surface area contributed by atoms with Crippen LogP contribution in [0.1, 0.15) is 29.8 Å². The average molecular weight is 265 g/mol. The largest absolute Gasteiger partial charge is 0.481 e. The molecule has 1 aromatic carbocycles. The Kier molecular flexibility index (Phi) is 5.51. The molecule has 0 aliphatic carbocycles. The van der Waals surface area contributed by atoms with Gasteiger partial charge >= 0.3 is 5.97 Å². The molecule has 0 fully saturated rings. The molecule has 0 aliphatic rings. The predicted octanol–water partition coefficient (Wildman–Crippen LogP) is 1.67. The molecule has 1 rings (SSSR count). The van der Waals surface area contributed by atoms with E-state index in [0.717, 1.165) is 5.56 Å². The Bertz CT molecular complexity index is 459. The van der Waals surface area contributed by atoms with Crippen LogP contribution in [0, 0.1) is 5.92 Å². The van der Waals surface area contributed by atoms with Crippen LogP contribution in [-0.2, 0) is 16.1 Å². The van der Waals surface area contributed by atoms with Gasteiger partial charge in [-0.1, -0.05) is 12.1 Å². The number of aliphatic carboxylic acids is 1. The molecule has 0 aliphatic heterocycles. The lowest BCUT2D eigenvalue weighted by atomic mass is 10.0. The number of rotatable bonds is 6. The van der Waals surface area contributed by atoms with Crippen molar-refractivity contribution in [3.8, 4) is 0 Å². The fourth-order valence-electron chi connectivity index (χ4n) is 1.60. The Morgan fingerprint density at radius 2 is 2.05 bits per heavy atom. The van der Waals surface area contributed by atoms with Gasteiger partial charge in [0.2, 0.25) is 0 Å². The zero-order valence-electron chi connectivity index (χ0n) is 11.3. The molecule has 2 unspecified atom stereocenters. The van der Waals surface area contributed by atoms with Crippen molar-refractivity contribution >= 4 is 11.9 Å². The van der Waals surface area contributed by atoms with Crippen molar-refractivity contribution in [1.82, 2.24) is 5.32 Å². The zero-order valence-corrected chi connectivity index (χ0v) is 11.3. The lowest BCUT2D eigenvalue weighted by molar-refractivity contribution is -0.141. The number of benzene rings is 1. The monoisotopic (exact) mass is 265 g/mol. The lowest BCUT2D eigenvalue weighted by Gasteiger charge is -2.17. The standard InChI is InChI=1S/C14H19NO4/c1-9(14(17)18)10(2)15-13(16)12-6-4-5-11(7-12)8-19-3/h4-7,9-10H,8H2,1-3H3,(H,15,16)(H,17,18). The summed E-state index contributed by atoms with van der Waals surface area (Å²) in [5, 5.41) is 11.6. The molecule has 0 saturated carbocycles. The van der Waals surface area contributed by atoms with E-state index < -0.39 is 17.9 Å². The Balaban J connectivity index is 2.72. The highest BCUT2D eigenvalue weighted by Gasteiger charge is 2.21. The number of ether oxygens (including phenoxy) is 1. The molecule has 0 bridgehead atoms. The average Bonchev–Trinajstić information content (AvgIpc) is 2.38. The van der Waals surface area contributed by atoms with Crippen LogP contribution in [0.4, 0.5) is 0 Å². The van der Waals surface area contributed by atoms with E-state index in [1.54, 1.807) is 39.2 Å². The van der Waals surface area contributed by atoms with Crippen LogP contribution in [-0.4, -0.2) is 30.1 Å². The van der Waals surface area contributed by atoms with Gasteiger partial charge in [-0.05, 0) is 31.5 Å². The maximum atomic E-state index is 12.0. The van der Waals surface area contributed by atoms with Gasteiger partial charge in [-0.2, -0.15) is 0 Å². The third-order valence-corrected chi connectivity index (χ3v) is 3.00. The van der Waals surface area contributed by atoms with E-state index in [4.69, 9.17) is 9.84 Å². The van der Waals surface area contributed by atoms with Crippen molar-refractivity contribution in [2.24, 2.45) is 5.92 Å². The second-order valence-corrected chi connectivity index (χ2v) is 4.52. The molecule has 5 nitrogen and oxygen atoms in total. The summed E-state index contributed by atoms with van der Waals surface area (Å²) in [4.78, 5) is 22.8. The van der Waals surface area contributed by atoms with Crippen LogP contribution in [0.15, 0.2) is 24.3 Å². The van der Waals surface area contributed by atoms with E-state index >= 15 is 0 Å². The number of methoxy groups -OCH3 is 1. The first kappa shape index (κ1) is 15.2. The number of amides is 1. The topological polar surface area (TPSA) is 75.6 Å². The highest BCUT2D eigenvalue weighted by atomic mass is 16.5. The minimum absolute atomic E-state index is 0.279. The SMILES string of the molecule is COCc1cccc(C(=O)NC(C)C(C)C(=O)O)c1. The summed E-state index contributed by atoms with van der Waals surface area (Å²) in [6.45, 7) is 3.67. The van der Waals surface area contributed by atoms with Crippen LogP contribution in [0.3, 0.4) is 0 Å². The van der Waals surface area contributed by atoms with Gasteiger partial charge in [-0.15, -0.1) is 0 Å². The minimum atomic E-state index is -0.930. The van der Waals surface area contributed by atoms with Gasteiger partial charge in [0, 0.05) is 18.7 Å². The van der Waals surface area contributed by atoms with Gasteiger partial charge in [0.25, 0.3) is 5.91 Å². The Morgan fingerprint density at radius 1 is 1.37 bits per heavy atom. The molecule has 5 heteroatoms. The van der Waals surface area contributed by atoms with E-state index in [9.17, 15) is 9.59 Å². The van der Waals surface area contributed by atoms with Crippen LogP contribution < -0.4 is 5.32 Å². The summed E-state index contributed by atoms with van der Waals surface area (Å²) < 4.78 is 5.00. The minimum Gasteiger partial charge on any atom is -0.481 e. The molecule has 0 heterocycles. The van der Waals surface area contributed by atoms with Crippen molar-refractivity contribution in [2.45, 2.75) is 26.5 Å². The molecule has 19 heavy (non-hydrogen) atoms. The van der Waals surface area contributed by atoms with Crippen molar-refractivity contribution < 1.29 is 19.4 Å². The zero-order chi connectivity index (χ0) is 14.4. The highest BCUT2D eigenvalue weighted by molar-refractivity contribution is 5.94. The maximum absolute atomic E-state index is 12.0. The summed E-state index contributed by atoms with van der Waals surface area (Å²) in [6.07, 6.45) is 0. The molecule has 0 spiro atoms. The van der Waals surface area contributed by atoms with Crippen LogP contribution >= 0.6 is 0 Å². The maximum Gasteiger partial charge on any atom is 0.308 e. The number of hydrogen-bond donors (Lipinski definition) is 2. The first-order valence-electron chi connectivity index (χ1n) is 6.07. The predicted molar refractivity (Wildman–Crippen MR) is 70.9 cm³/mol. The number of carbonyl (C=O) groups excluding carboxylic acids is 1. The van der Waals surface area contributed by atoms with Crippen molar-refractivity contribution in [1.29, 1.82) is 0 Å². The molecule has 2 N–H and O–H groups in total. The fraction of sp³-hybridized carbons (Fsp3) is 0.429. The number of hydrogen-bond acceptors (Lipinski definition) is 3. The third-order valence-electron chi connectivity index (χ3n) is 3.00. The molecule has 1 aromatic rings. The van der Waals surface area contributed by atoms with Crippen molar-refractivity contribution in [3.05, 3.63) is 35.4 Å². The lowest BCUT2D eigenvalue weighted by Crippen LogP contribution is -2.40. The fourth-order valence-corrected chi connectivity index (χ4v) is 1.60. The van der Waals surface area contributed by atoms with Gasteiger partial charge in [0.15, 0.2) is 0 Å². The molecule has 2 atom stereocenters. The van der Waals surface area contributed by atoms with E-state index in [1.165, 1.54) is 0 Å². The smallest absolute Gasteiger partial charge is 0.308 e. The normalized spacial score (nSPS) is 13.6. The van der Waals surface area contributed by atoms with Crippen LogP contribution in [0.5, 0.6) is 0 Å². The number of carboxylic acid groups (broad SMARTS) is 1. The van der Waals surface area contributed by atoms with Crippen LogP contribution in [0.25, 0.3) is 0 Å². The van der Waals surface area contributed by atoms with E-state index in [-0.39, 0.29) is 5.91 Å². The molecule has 104 valence electrons. The second-order valence-electron chi connectivity index (χ2n) is 4.52. The Morgan fingerprint density at radius 3 is 2.63 bits per heavy atom. The van der Waals surface area contributed by atoms with E-state index in [2.05, 4.69) is 5.32 Å². The summed E-state index contributed by atoms with van der Waals surface area (Å²) in [5.74, 6) is -1.84. The summed E-state index contributed by atoms with van der Waals surface area (Å²) >= 11 is 0. The van der Waals surface area contributed by atoms with Crippen molar-refractivity contribution in [3.63, 3.8) is 0 Å².